The second kappa shape index (κ2) is 6.25. The van der Waals surface area contributed by atoms with Gasteiger partial charge in [-0.2, -0.15) is 0 Å². The van der Waals surface area contributed by atoms with Crippen molar-refractivity contribution in [2.24, 2.45) is 0 Å². The summed E-state index contributed by atoms with van der Waals surface area (Å²) in [4.78, 5) is 15.6. The Morgan fingerprint density at radius 3 is 2.29 bits per heavy atom. The van der Waals surface area contributed by atoms with Gasteiger partial charge in [0, 0.05) is 24.8 Å². The van der Waals surface area contributed by atoms with Crippen LogP contribution in [0.5, 0.6) is 0 Å². The number of hydrogen-bond donors (Lipinski definition) is 1. The first kappa shape index (κ1) is 13.5. The highest BCUT2D eigenvalue weighted by Crippen LogP contribution is 2.15. The fraction of sp³-hybridized carbons (Fsp3) is 0.462. The molecule has 0 aliphatic rings. The molecule has 4 nitrogen and oxygen atoms in total. The highest BCUT2D eigenvalue weighted by molar-refractivity contribution is 5.92. The van der Waals surface area contributed by atoms with Gasteiger partial charge in [-0.05, 0) is 51.3 Å². The minimum absolute atomic E-state index is 0.136. The highest BCUT2D eigenvalue weighted by Gasteiger charge is 2.10. The van der Waals surface area contributed by atoms with Crippen molar-refractivity contribution < 1.29 is 4.79 Å². The van der Waals surface area contributed by atoms with Crippen molar-refractivity contribution in [2.45, 2.75) is 12.8 Å². The maximum Gasteiger partial charge on any atom is 0.226 e. The topological polar surface area (TPSA) is 49.6 Å². The Labute approximate surface area is 103 Å². The summed E-state index contributed by atoms with van der Waals surface area (Å²) in [5, 5.41) is 0. The van der Waals surface area contributed by atoms with Crippen LogP contribution in [0.15, 0.2) is 24.3 Å². The van der Waals surface area contributed by atoms with E-state index in [0.29, 0.717) is 12.1 Å². The van der Waals surface area contributed by atoms with Crippen molar-refractivity contribution in [2.75, 3.05) is 38.3 Å². The Morgan fingerprint density at radius 1 is 1.18 bits per heavy atom. The number of nitrogens with zero attached hydrogens (tertiary/aromatic N) is 2. The summed E-state index contributed by atoms with van der Waals surface area (Å²) in [6, 6.07) is 7.33. The molecule has 0 aliphatic carbocycles. The largest absolute Gasteiger partial charge is 0.399 e. The molecule has 0 radical (unpaired) electrons. The van der Waals surface area contributed by atoms with Crippen LogP contribution in [-0.2, 0) is 4.79 Å². The molecule has 0 fully saturated rings. The van der Waals surface area contributed by atoms with Gasteiger partial charge in [0.25, 0.3) is 0 Å². The van der Waals surface area contributed by atoms with Gasteiger partial charge in [0.15, 0.2) is 0 Å². The van der Waals surface area contributed by atoms with Crippen LogP contribution in [0.3, 0.4) is 0 Å². The molecule has 0 saturated carbocycles. The van der Waals surface area contributed by atoms with E-state index >= 15 is 0 Å². The molecule has 2 N–H and O–H groups in total. The number of nitrogen functional groups attached to an aromatic ring is 1. The predicted octanol–water partition coefficient (Wildman–Crippen LogP) is 1.57. The van der Waals surface area contributed by atoms with E-state index in [4.69, 9.17) is 5.73 Å². The van der Waals surface area contributed by atoms with Crippen molar-refractivity contribution in [3.05, 3.63) is 24.3 Å². The van der Waals surface area contributed by atoms with E-state index in [9.17, 15) is 4.79 Å². The van der Waals surface area contributed by atoms with E-state index in [0.717, 1.165) is 18.7 Å². The van der Waals surface area contributed by atoms with E-state index in [1.807, 2.05) is 26.2 Å². The summed E-state index contributed by atoms with van der Waals surface area (Å²) in [5.74, 6) is 0.136. The van der Waals surface area contributed by atoms with Crippen molar-refractivity contribution >= 4 is 17.3 Å². The summed E-state index contributed by atoms with van der Waals surface area (Å²) in [7, 11) is 5.81. The smallest absolute Gasteiger partial charge is 0.226 e. The van der Waals surface area contributed by atoms with Gasteiger partial charge < -0.3 is 15.5 Å². The molecule has 0 aromatic heterocycles. The lowest BCUT2D eigenvalue weighted by molar-refractivity contribution is -0.118. The summed E-state index contributed by atoms with van der Waals surface area (Å²) in [6.45, 7) is 0.932. The minimum Gasteiger partial charge on any atom is -0.399 e. The average Bonchev–Trinajstić information content (AvgIpc) is 2.28. The molecule has 0 atom stereocenters. The van der Waals surface area contributed by atoms with Crippen molar-refractivity contribution in [3.63, 3.8) is 0 Å². The minimum atomic E-state index is 0.136. The molecule has 17 heavy (non-hydrogen) atoms. The summed E-state index contributed by atoms with van der Waals surface area (Å²) < 4.78 is 0. The lowest BCUT2D eigenvalue weighted by Gasteiger charge is -2.18. The third kappa shape index (κ3) is 4.44. The first-order valence-corrected chi connectivity index (χ1v) is 5.77. The van der Waals surface area contributed by atoms with E-state index in [-0.39, 0.29) is 5.91 Å². The standard InChI is InChI=1S/C13H21N3O/c1-15(2)10-4-5-13(17)16(3)12-8-6-11(14)7-9-12/h6-9H,4-5,10,14H2,1-3H3. The number of rotatable bonds is 5. The zero-order chi connectivity index (χ0) is 12.8. The quantitative estimate of drug-likeness (QED) is 0.788. The molecule has 1 amide bonds. The number of anilines is 2. The molecule has 0 saturated heterocycles. The zero-order valence-electron chi connectivity index (χ0n) is 10.8. The molecule has 4 heteroatoms. The molecule has 0 bridgehead atoms. The van der Waals surface area contributed by atoms with Gasteiger partial charge in [0.05, 0.1) is 0 Å². The van der Waals surface area contributed by atoms with E-state index in [2.05, 4.69) is 4.90 Å². The van der Waals surface area contributed by atoms with E-state index < -0.39 is 0 Å². The lowest BCUT2D eigenvalue weighted by Crippen LogP contribution is -2.27. The van der Waals surface area contributed by atoms with Gasteiger partial charge in [-0.25, -0.2) is 0 Å². The van der Waals surface area contributed by atoms with Crippen LogP contribution >= 0.6 is 0 Å². The molecule has 1 aromatic carbocycles. The molecule has 94 valence electrons. The maximum atomic E-state index is 11.9. The van der Waals surface area contributed by atoms with Gasteiger partial charge in [-0.3, -0.25) is 4.79 Å². The first-order chi connectivity index (χ1) is 8.00. The molecule has 0 aliphatic heterocycles. The molecule has 0 heterocycles. The van der Waals surface area contributed by atoms with Crippen LogP contribution in [0, 0.1) is 0 Å². The Hall–Kier alpha value is -1.55. The van der Waals surface area contributed by atoms with Crippen LogP contribution in [-0.4, -0.2) is 38.5 Å². The molecular weight excluding hydrogens is 214 g/mol. The summed E-state index contributed by atoms with van der Waals surface area (Å²) >= 11 is 0. The zero-order valence-corrected chi connectivity index (χ0v) is 10.8. The van der Waals surface area contributed by atoms with Gasteiger partial charge in [0.1, 0.15) is 0 Å². The van der Waals surface area contributed by atoms with E-state index in [1.165, 1.54) is 0 Å². The average molecular weight is 235 g/mol. The second-order valence-electron chi connectivity index (χ2n) is 4.45. The molecular formula is C13H21N3O. The van der Waals surface area contributed by atoms with E-state index in [1.54, 1.807) is 24.1 Å². The van der Waals surface area contributed by atoms with Crippen molar-refractivity contribution in [3.8, 4) is 0 Å². The number of nitrogens with two attached hydrogens (primary N) is 1. The number of carbonyl (C=O) groups is 1. The molecule has 0 unspecified atom stereocenters. The SMILES string of the molecule is CN(C)CCCC(=O)N(C)c1ccc(N)cc1. The van der Waals surface area contributed by atoms with Crippen molar-refractivity contribution in [1.82, 2.24) is 4.90 Å². The fourth-order valence-electron chi connectivity index (χ4n) is 1.56. The van der Waals surface area contributed by atoms with Gasteiger partial charge in [0.2, 0.25) is 5.91 Å². The fourth-order valence-corrected chi connectivity index (χ4v) is 1.56. The lowest BCUT2D eigenvalue weighted by atomic mass is 10.2. The Morgan fingerprint density at radius 2 is 1.76 bits per heavy atom. The molecule has 1 rings (SSSR count). The number of amides is 1. The van der Waals surface area contributed by atoms with Gasteiger partial charge in [-0.1, -0.05) is 0 Å². The summed E-state index contributed by atoms with van der Waals surface area (Å²) in [6.07, 6.45) is 1.45. The first-order valence-electron chi connectivity index (χ1n) is 5.77. The van der Waals surface area contributed by atoms with Crippen LogP contribution < -0.4 is 10.6 Å². The van der Waals surface area contributed by atoms with Crippen LogP contribution in [0.25, 0.3) is 0 Å². The van der Waals surface area contributed by atoms with Crippen LogP contribution in [0.1, 0.15) is 12.8 Å². The number of hydrogen-bond acceptors (Lipinski definition) is 3. The maximum absolute atomic E-state index is 11.9. The monoisotopic (exact) mass is 235 g/mol. The highest BCUT2D eigenvalue weighted by atomic mass is 16.2. The number of benzene rings is 1. The van der Waals surface area contributed by atoms with Crippen LogP contribution in [0.4, 0.5) is 11.4 Å². The second-order valence-corrected chi connectivity index (χ2v) is 4.45. The molecule has 0 spiro atoms. The normalized spacial score (nSPS) is 10.6. The number of carbonyl (C=O) groups excluding carboxylic acids is 1. The van der Waals surface area contributed by atoms with Crippen molar-refractivity contribution in [1.29, 1.82) is 0 Å². The molecule has 1 aromatic rings. The third-order valence-corrected chi connectivity index (χ3v) is 2.65. The van der Waals surface area contributed by atoms with Crippen LogP contribution in [0.2, 0.25) is 0 Å². The third-order valence-electron chi connectivity index (χ3n) is 2.65. The Bertz CT molecular complexity index is 359. The van der Waals surface area contributed by atoms with Gasteiger partial charge >= 0.3 is 0 Å². The Balaban J connectivity index is 2.49. The predicted molar refractivity (Wildman–Crippen MR) is 72.1 cm³/mol. The Kier molecular flexibility index (Phi) is 4.97. The van der Waals surface area contributed by atoms with Gasteiger partial charge in [-0.15, -0.1) is 0 Å². The summed E-state index contributed by atoms with van der Waals surface area (Å²) in [5.41, 5.74) is 7.20.